The minimum atomic E-state index is -0.777. The number of halogens is 1. The van der Waals surface area contributed by atoms with Crippen LogP contribution in [0.1, 0.15) is 12.5 Å². The van der Waals surface area contributed by atoms with Crippen molar-refractivity contribution in [1.29, 1.82) is 5.26 Å². The fourth-order valence-corrected chi connectivity index (χ4v) is 3.63. The van der Waals surface area contributed by atoms with E-state index in [0.717, 1.165) is 0 Å². The number of carbonyl (C=O) groups is 2. The summed E-state index contributed by atoms with van der Waals surface area (Å²) >= 11 is 6.41. The van der Waals surface area contributed by atoms with E-state index in [1.807, 2.05) is 0 Å². The lowest BCUT2D eigenvalue weighted by molar-refractivity contribution is -0.384. The maximum Gasteiger partial charge on any atom is 0.271 e. The largest absolute Gasteiger partial charge is 0.495 e. The number of anilines is 2. The molecule has 0 heterocycles. The fourth-order valence-electron chi connectivity index (χ4n) is 3.36. The third-order valence-corrected chi connectivity index (χ3v) is 5.33. The average molecular weight is 551 g/mol. The van der Waals surface area contributed by atoms with Crippen LogP contribution in [-0.2, 0) is 9.59 Å². The van der Waals surface area contributed by atoms with Crippen LogP contribution in [0.5, 0.6) is 17.2 Å². The van der Waals surface area contributed by atoms with Crippen LogP contribution in [0.2, 0.25) is 5.02 Å². The van der Waals surface area contributed by atoms with E-state index in [4.69, 9.17) is 25.8 Å². The minimum Gasteiger partial charge on any atom is -0.495 e. The van der Waals surface area contributed by atoms with Gasteiger partial charge in [0, 0.05) is 17.8 Å². The predicted molar refractivity (Wildman–Crippen MR) is 145 cm³/mol. The number of rotatable bonds is 11. The zero-order valence-electron chi connectivity index (χ0n) is 20.9. The van der Waals surface area contributed by atoms with E-state index in [-0.39, 0.29) is 46.7 Å². The number of amides is 2. The van der Waals surface area contributed by atoms with Gasteiger partial charge >= 0.3 is 0 Å². The van der Waals surface area contributed by atoms with Gasteiger partial charge in [-0.25, -0.2) is 0 Å². The molecule has 2 N–H and O–H groups in total. The number of nitriles is 1. The number of benzene rings is 3. The molecule has 3 aromatic carbocycles. The van der Waals surface area contributed by atoms with Crippen molar-refractivity contribution in [2.45, 2.75) is 6.92 Å². The summed E-state index contributed by atoms with van der Waals surface area (Å²) in [6.07, 6.45) is 1.28. The Labute approximate surface area is 228 Å². The van der Waals surface area contributed by atoms with Gasteiger partial charge in [-0.1, -0.05) is 29.8 Å². The van der Waals surface area contributed by atoms with Gasteiger partial charge in [-0.05, 0) is 48.9 Å². The van der Waals surface area contributed by atoms with Gasteiger partial charge in [0.1, 0.15) is 17.4 Å². The van der Waals surface area contributed by atoms with Crippen LogP contribution in [0.25, 0.3) is 6.08 Å². The topological polar surface area (TPSA) is 153 Å². The first kappa shape index (κ1) is 28.5. The molecule has 2 amide bonds. The molecule has 39 heavy (non-hydrogen) atoms. The standard InChI is InChI=1S/C27H23ClN4O7/c1-3-38-24-13-17(11-18(15-29)27(34)30-19-7-6-8-20(14-19)32(35)36)12-21(28)26(24)39-16-25(33)31-22-9-4-5-10-23(22)37-2/h4-14H,3,16H2,1-2H3,(H,30,34)(H,31,33)/b18-11-. The van der Waals surface area contributed by atoms with Crippen LogP contribution in [0.15, 0.2) is 66.2 Å². The molecule has 0 aliphatic carbocycles. The molecule has 0 spiro atoms. The quantitative estimate of drug-likeness (QED) is 0.143. The number of nitrogens with one attached hydrogen (secondary N) is 2. The second-order valence-corrected chi connectivity index (χ2v) is 8.14. The van der Waals surface area contributed by atoms with E-state index >= 15 is 0 Å². The Kier molecular flexibility index (Phi) is 9.83. The number of ether oxygens (including phenoxy) is 3. The summed E-state index contributed by atoms with van der Waals surface area (Å²) in [7, 11) is 1.49. The van der Waals surface area contributed by atoms with Crippen molar-refractivity contribution in [3.63, 3.8) is 0 Å². The molecular formula is C27H23ClN4O7. The van der Waals surface area contributed by atoms with Gasteiger partial charge in [0.05, 0.1) is 29.4 Å². The third kappa shape index (κ3) is 7.70. The van der Waals surface area contributed by atoms with E-state index in [0.29, 0.717) is 17.0 Å². The van der Waals surface area contributed by atoms with Gasteiger partial charge in [0.15, 0.2) is 18.1 Å². The average Bonchev–Trinajstić information content (AvgIpc) is 2.91. The first-order chi connectivity index (χ1) is 18.7. The molecule has 0 unspecified atom stereocenters. The normalized spacial score (nSPS) is 10.7. The molecule has 12 heteroatoms. The number of para-hydroxylation sites is 2. The summed E-state index contributed by atoms with van der Waals surface area (Å²) in [5.74, 6) is -0.465. The Morgan fingerprint density at radius 2 is 1.85 bits per heavy atom. The summed E-state index contributed by atoms with van der Waals surface area (Å²) in [6.45, 7) is 1.59. The van der Waals surface area contributed by atoms with Crippen molar-refractivity contribution in [2.24, 2.45) is 0 Å². The molecule has 200 valence electrons. The Morgan fingerprint density at radius 3 is 2.54 bits per heavy atom. The molecule has 0 saturated carbocycles. The second-order valence-electron chi connectivity index (χ2n) is 7.73. The zero-order chi connectivity index (χ0) is 28.4. The monoisotopic (exact) mass is 550 g/mol. The van der Waals surface area contributed by atoms with Gasteiger partial charge in [-0.15, -0.1) is 0 Å². The molecule has 0 aliphatic rings. The van der Waals surface area contributed by atoms with Crippen molar-refractivity contribution in [3.05, 3.63) is 86.9 Å². The van der Waals surface area contributed by atoms with Crippen molar-refractivity contribution in [1.82, 2.24) is 0 Å². The molecule has 0 aliphatic heterocycles. The highest BCUT2D eigenvalue weighted by Gasteiger charge is 2.17. The molecule has 0 bridgehead atoms. The second kappa shape index (κ2) is 13.5. The third-order valence-electron chi connectivity index (χ3n) is 5.05. The van der Waals surface area contributed by atoms with Crippen LogP contribution < -0.4 is 24.8 Å². The van der Waals surface area contributed by atoms with Gasteiger partial charge in [0.2, 0.25) is 0 Å². The summed E-state index contributed by atoms with van der Waals surface area (Å²) in [5.41, 5.74) is 0.469. The molecule has 11 nitrogen and oxygen atoms in total. The highest BCUT2D eigenvalue weighted by Crippen LogP contribution is 2.37. The van der Waals surface area contributed by atoms with Crippen LogP contribution in [-0.4, -0.2) is 37.1 Å². The first-order valence-corrected chi connectivity index (χ1v) is 11.8. The van der Waals surface area contributed by atoms with E-state index < -0.39 is 16.7 Å². The fraction of sp³-hybridized carbons (Fsp3) is 0.148. The summed E-state index contributed by atoms with van der Waals surface area (Å²) in [6, 6.07) is 17.0. The SMILES string of the molecule is CCOc1cc(/C=C(/C#N)C(=O)Nc2cccc([N+](=O)[O-])c2)cc(Cl)c1OCC(=O)Nc1ccccc1OC. The number of carbonyl (C=O) groups excluding carboxylic acids is 2. The molecular weight excluding hydrogens is 528 g/mol. The highest BCUT2D eigenvalue weighted by atomic mass is 35.5. The van der Waals surface area contributed by atoms with E-state index in [2.05, 4.69) is 10.6 Å². The lowest BCUT2D eigenvalue weighted by Gasteiger charge is -2.15. The summed E-state index contributed by atoms with van der Waals surface area (Å²) in [4.78, 5) is 35.5. The number of hydrogen-bond acceptors (Lipinski definition) is 8. The number of nitro benzene ring substituents is 1. The molecule has 3 aromatic rings. The van der Waals surface area contributed by atoms with E-state index in [1.54, 1.807) is 37.3 Å². The van der Waals surface area contributed by atoms with Gasteiger partial charge < -0.3 is 24.8 Å². The maximum atomic E-state index is 12.7. The highest BCUT2D eigenvalue weighted by molar-refractivity contribution is 6.32. The van der Waals surface area contributed by atoms with Crippen molar-refractivity contribution in [3.8, 4) is 23.3 Å². The van der Waals surface area contributed by atoms with Crippen LogP contribution >= 0.6 is 11.6 Å². The van der Waals surface area contributed by atoms with Crippen LogP contribution in [0, 0.1) is 21.4 Å². The molecule has 0 fully saturated rings. The number of nitro groups is 1. The Morgan fingerprint density at radius 1 is 1.08 bits per heavy atom. The smallest absolute Gasteiger partial charge is 0.271 e. The van der Waals surface area contributed by atoms with Gasteiger partial charge in [0.25, 0.3) is 17.5 Å². The van der Waals surface area contributed by atoms with Gasteiger partial charge in [-0.2, -0.15) is 5.26 Å². The van der Waals surface area contributed by atoms with Crippen molar-refractivity contribution in [2.75, 3.05) is 31.0 Å². The summed E-state index contributed by atoms with van der Waals surface area (Å²) in [5, 5.41) is 25.7. The first-order valence-electron chi connectivity index (χ1n) is 11.4. The molecule has 0 atom stereocenters. The summed E-state index contributed by atoms with van der Waals surface area (Å²) < 4.78 is 16.5. The molecule has 0 saturated heterocycles. The maximum absolute atomic E-state index is 12.7. The Hall–Kier alpha value is -5.08. The molecule has 3 rings (SSSR count). The van der Waals surface area contributed by atoms with Crippen molar-refractivity contribution < 1.29 is 28.7 Å². The minimum absolute atomic E-state index is 0.0775. The number of hydrogen-bond donors (Lipinski definition) is 2. The van der Waals surface area contributed by atoms with E-state index in [1.165, 1.54) is 49.6 Å². The van der Waals surface area contributed by atoms with Gasteiger partial charge in [-0.3, -0.25) is 19.7 Å². The van der Waals surface area contributed by atoms with E-state index in [9.17, 15) is 25.0 Å². The lowest BCUT2D eigenvalue weighted by Crippen LogP contribution is -2.21. The van der Waals surface area contributed by atoms with Crippen LogP contribution in [0.4, 0.5) is 17.1 Å². The predicted octanol–water partition coefficient (Wildman–Crippen LogP) is 5.22. The molecule has 0 radical (unpaired) electrons. The van der Waals surface area contributed by atoms with Crippen molar-refractivity contribution >= 4 is 46.6 Å². The lowest BCUT2D eigenvalue weighted by atomic mass is 10.1. The Bertz CT molecular complexity index is 1470. The molecule has 0 aromatic heterocycles. The Balaban J connectivity index is 1.78. The zero-order valence-corrected chi connectivity index (χ0v) is 21.7. The number of nitrogens with zero attached hydrogens (tertiary/aromatic N) is 2. The number of methoxy groups -OCH3 is 1. The number of non-ortho nitro benzene ring substituents is 1. The van der Waals surface area contributed by atoms with Crippen LogP contribution in [0.3, 0.4) is 0 Å².